The molecular formula is C15H15N3S2. The number of aromatic nitrogens is 2. The van der Waals surface area contributed by atoms with E-state index >= 15 is 0 Å². The maximum Gasteiger partial charge on any atom is 0.134 e. The van der Waals surface area contributed by atoms with Crippen LogP contribution in [0.2, 0.25) is 0 Å². The van der Waals surface area contributed by atoms with Gasteiger partial charge in [-0.3, -0.25) is 0 Å². The van der Waals surface area contributed by atoms with Crippen molar-refractivity contribution in [1.82, 2.24) is 9.59 Å². The van der Waals surface area contributed by atoms with Crippen LogP contribution in [0, 0.1) is 0 Å². The molecule has 3 aromatic rings. The molecule has 5 heteroatoms. The summed E-state index contributed by atoms with van der Waals surface area (Å²) in [5.74, 6) is 0.844. The Labute approximate surface area is 126 Å². The van der Waals surface area contributed by atoms with Crippen molar-refractivity contribution in [1.29, 1.82) is 0 Å². The van der Waals surface area contributed by atoms with Gasteiger partial charge in [0, 0.05) is 28.7 Å². The lowest BCUT2D eigenvalue weighted by molar-refractivity contribution is 1.07. The Balaban J connectivity index is 1.74. The molecule has 0 saturated heterocycles. The van der Waals surface area contributed by atoms with Gasteiger partial charge < -0.3 is 5.32 Å². The first-order chi connectivity index (χ1) is 9.86. The molecule has 0 amide bonds. The Morgan fingerprint density at radius 3 is 2.85 bits per heavy atom. The number of nitrogens with zero attached hydrogens (tertiary/aromatic N) is 2. The van der Waals surface area contributed by atoms with E-state index in [2.05, 4.69) is 64.3 Å². The quantitative estimate of drug-likeness (QED) is 0.708. The highest BCUT2D eigenvalue weighted by Crippen LogP contribution is 2.29. The molecule has 0 saturated carbocycles. The second kappa shape index (κ2) is 6.24. The maximum absolute atomic E-state index is 4.20. The number of hydrogen-bond acceptors (Lipinski definition) is 5. The van der Waals surface area contributed by atoms with Gasteiger partial charge in [-0.25, -0.2) is 0 Å². The molecule has 0 atom stereocenters. The van der Waals surface area contributed by atoms with Gasteiger partial charge in [0.05, 0.1) is 0 Å². The summed E-state index contributed by atoms with van der Waals surface area (Å²) >= 11 is 3.22. The first kappa shape index (κ1) is 13.4. The summed E-state index contributed by atoms with van der Waals surface area (Å²) in [6.07, 6.45) is 0. The number of rotatable bonds is 5. The lowest BCUT2D eigenvalue weighted by Crippen LogP contribution is -1.97. The van der Waals surface area contributed by atoms with Gasteiger partial charge in [-0.1, -0.05) is 34.8 Å². The largest absolute Gasteiger partial charge is 0.374 e. The van der Waals surface area contributed by atoms with E-state index < -0.39 is 0 Å². The summed E-state index contributed by atoms with van der Waals surface area (Å²) in [5, 5.41) is 11.1. The van der Waals surface area contributed by atoms with E-state index in [-0.39, 0.29) is 0 Å². The number of fused-ring (bicyclic) bond motifs is 1. The monoisotopic (exact) mass is 301 g/mol. The highest BCUT2D eigenvalue weighted by Gasteiger charge is 2.07. The van der Waals surface area contributed by atoms with Crippen molar-refractivity contribution in [3.63, 3.8) is 0 Å². The summed E-state index contributed by atoms with van der Waals surface area (Å²) < 4.78 is 4.02. The van der Waals surface area contributed by atoms with Gasteiger partial charge >= 0.3 is 0 Å². The van der Waals surface area contributed by atoms with E-state index in [0.29, 0.717) is 0 Å². The number of benzene rings is 2. The van der Waals surface area contributed by atoms with Crippen molar-refractivity contribution < 1.29 is 0 Å². The molecule has 102 valence electrons. The third kappa shape index (κ3) is 2.94. The fourth-order valence-corrected chi connectivity index (χ4v) is 3.63. The van der Waals surface area contributed by atoms with Crippen LogP contribution < -0.4 is 5.32 Å². The van der Waals surface area contributed by atoms with Crippen molar-refractivity contribution in [2.45, 2.75) is 17.6 Å². The molecule has 0 aliphatic heterocycles. The van der Waals surface area contributed by atoms with Gasteiger partial charge in [0.1, 0.15) is 10.7 Å². The molecule has 0 spiro atoms. The third-order valence-corrected chi connectivity index (χ3v) is 4.72. The number of hydrogen-bond donors (Lipinski definition) is 1. The minimum atomic E-state index is 0.844. The topological polar surface area (TPSA) is 37.8 Å². The lowest BCUT2D eigenvalue weighted by Gasteiger charge is -2.04. The molecule has 1 heterocycles. The standard InChI is InChI=1S/C15H15N3S2/c1-2-16-15-14(17-18-20-15)10-19-13-8-7-11-5-3-4-6-12(11)9-13/h3-9,16H,2,10H2,1H3. The lowest BCUT2D eigenvalue weighted by atomic mass is 10.1. The average Bonchev–Trinajstić information content (AvgIpc) is 2.93. The first-order valence-electron chi connectivity index (χ1n) is 6.53. The smallest absolute Gasteiger partial charge is 0.134 e. The predicted octanol–water partition coefficient (Wildman–Crippen LogP) is 4.42. The van der Waals surface area contributed by atoms with Crippen molar-refractivity contribution in [3.8, 4) is 0 Å². The Kier molecular flexibility index (Phi) is 4.18. The van der Waals surface area contributed by atoms with Crippen LogP contribution in [-0.4, -0.2) is 16.1 Å². The van der Waals surface area contributed by atoms with Crippen molar-refractivity contribution in [3.05, 3.63) is 48.2 Å². The summed E-state index contributed by atoms with van der Waals surface area (Å²) in [4.78, 5) is 1.26. The molecule has 3 rings (SSSR count). The molecule has 20 heavy (non-hydrogen) atoms. The van der Waals surface area contributed by atoms with Crippen molar-refractivity contribution in [2.75, 3.05) is 11.9 Å². The van der Waals surface area contributed by atoms with Crippen molar-refractivity contribution >= 4 is 39.1 Å². The Hall–Kier alpha value is -1.59. The summed E-state index contributed by atoms with van der Waals surface area (Å²) in [6, 6.07) is 15.0. The Bertz CT molecular complexity index is 709. The Morgan fingerprint density at radius 2 is 2.00 bits per heavy atom. The van der Waals surface area contributed by atoms with E-state index in [0.717, 1.165) is 23.0 Å². The normalized spacial score (nSPS) is 10.8. The zero-order valence-electron chi connectivity index (χ0n) is 11.2. The van der Waals surface area contributed by atoms with Gasteiger partial charge in [-0.05, 0) is 29.8 Å². The molecule has 1 aromatic heterocycles. The second-order valence-electron chi connectivity index (χ2n) is 4.38. The molecule has 2 aromatic carbocycles. The maximum atomic E-state index is 4.20. The average molecular weight is 301 g/mol. The number of anilines is 1. The van der Waals surface area contributed by atoms with E-state index in [1.807, 2.05) is 0 Å². The highest BCUT2D eigenvalue weighted by molar-refractivity contribution is 7.98. The van der Waals surface area contributed by atoms with E-state index in [9.17, 15) is 0 Å². The minimum Gasteiger partial charge on any atom is -0.374 e. The zero-order valence-corrected chi connectivity index (χ0v) is 12.8. The fourth-order valence-electron chi connectivity index (χ4n) is 2.01. The first-order valence-corrected chi connectivity index (χ1v) is 8.29. The number of thioether (sulfide) groups is 1. The van der Waals surface area contributed by atoms with Gasteiger partial charge in [-0.15, -0.1) is 16.9 Å². The fraction of sp³-hybridized carbons (Fsp3) is 0.200. The molecule has 0 aliphatic rings. The molecule has 0 aliphatic carbocycles. The summed E-state index contributed by atoms with van der Waals surface area (Å²) in [5.41, 5.74) is 1.04. The van der Waals surface area contributed by atoms with Crippen molar-refractivity contribution in [2.24, 2.45) is 0 Å². The van der Waals surface area contributed by atoms with Crippen LogP contribution in [0.4, 0.5) is 5.00 Å². The van der Waals surface area contributed by atoms with E-state index in [1.165, 1.54) is 27.2 Å². The summed E-state index contributed by atoms with van der Waals surface area (Å²) in [6.45, 7) is 2.98. The van der Waals surface area contributed by atoms with Crippen LogP contribution in [0.3, 0.4) is 0 Å². The van der Waals surface area contributed by atoms with E-state index in [4.69, 9.17) is 0 Å². The summed E-state index contributed by atoms with van der Waals surface area (Å²) in [7, 11) is 0. The molecule has 0 bridgehead atoms. The van der Waals surface area contributed by atoms with Gasteiger partial charge in [0.2, 0.25) is 0 Å². The highest BCUT2D eigenvalue weighted by atomic mass is 32.2. The third-order valence-electron chi connectivity index (χ3n) is 2.99. The van der Waals surface area contributed by atoms with Crippen LogP contribution in [0.25, 0.3) is 10.8 Å². The number of nitrogens with one attached hydrogen (secondary N) is 1. The van der Waals surface area contributed by atoms with Crippen LogP contribution in [0.5, 0.6) is 0 Å². The van der Waals surface area contributed by atoms with Gasteiger partial charge in [-0.2, -0.15) is 0 Å². The molecule has 0 fully saturated rings. The molecule has 1 N–H and O–H groups in total. The Morgan fingerprint density at radius 1 is 1.15 bits per heavy atom. The van der Waals surface area contributed by atoms with Crippen LogP contribution in [0.15, 0.2) is 47.4 Å². The second-order valence-corrected chi connectivity index (χ2v) is 6.18. The molecular weight excluding hydrogens is 286 g/mol. The minimum absolute atomic E-state index is 0.844. The molecule has 3 nitrogen and oxygen atoms in total. The van der Waals surface area contributed by atoms with Gasteiger partial charge in [0.25, 0.3) is 0 Å². The van der Waals surface area contributed by atoms with Crippen LogP contribution in [-0.2, 0) is 5.75 Å². The molecule has 0 unspecified atom stereocenters. The van der Waals surface area contributed by atoms with Crippen LogP contribution >= 0.6 is 23.3 Å². The van der Waals surface area contributed by atoms with Gasteiger partial charge in [0.15, 0.2) is 0 Å². The molecule has 0 radical (unpaired) electrons. The zero-order chi connectivity index (χ0) is 13.8. The van der Waals surface area contributed by atoms with Crippen LogP contribution in [0.1, 0.15) is 12.6 Å². The van der Waals surface area contributed by atoms with E-state index in [1.54, 1.807) is 11.8 Å². The predicted molar refractivity (Wildman–Crippen MR) is 87.6 cm³/mol. The SMILES string of the molecule is CCNc1snnc1CSc1ccc2ccccc2c1.